The summed E-state index contributed by atoms with van der Waals surface area (Å²) in [7, 11) is 0. The third-order valence-corrected chi connectivity index (χ3v) is 7.33. The van der Waals surface area contributed by atoms with Crippen molar-refractivity contribution < 1.29 is 9.59 Å². The van der Waals surface area contributed by atoms with Crippen molar-refractivity contribution in [3.8, 4) is 0 Å². The van der Waals surface area contributed by atoms with Gasteiger partial charge in [0.2, 0.25) is 5.91 Å². The first kappa shape index (κ1) is 24.1. The zero-order valence-corrected chi connectivity index (χ0v) is 20.7. The van der Waals surface area contributed by atoms with E-state index in [4.69, 9.17) is 23.2 Å². The van der Waals surface area contributed by atoms with Crippen molar-refractivity contribution in [2.24, 2.45) is 0 Å². The van der Waals surface area contributed by atoms with Crippen molar-refractivity contribution in [1.29, 1.82) is 0 Å². The van der Waals surface area contributed by atoms with Gasteiger partial charge >= 0.3 is 0 Å². The number of carbonyl (C=O) groups is 2. The van der Waals surface area contributed by atoms with Crippen molar-refractivity contribution in [1.82, 2.24) is 0 Å². The summed E-state index contributed by atoms with van der Waals surface area (Å²) in [6.07, 6.45) is 0.630. The van der Waals surface area contributed by atoms with E-state index in [0.717, 1.165) is 15.7 Å². The van der Waals surface area contributed by atoms with Crippen LogP contribution in [0.1, 0.15) is 23.7 Å². The van der Waals surface area contributed by atoms with Crippen molar-refractivity contribution in [3.05, 3.63) is 101 Å². The van der Waals surface area contributed by atoms with E-state index in [9.17, 15) is 9.59 Å². The molecule has 0 heterocycles. The standard InChI is InChI=1S/C27H22Cl2N2O2S/c1-2-25(27(33)31-21-12-13-23(28)24(29)16-21)34-22-9-5-8-20(15-22)30-26(32)19-11-10-17-6-3-4-7-18(17)14-19/h3-16,25H,2H2,1H3,(H,30,32)(H,31,33). The van der Waals surface area contributed by atoms with Gasteiger partial charge < -0.3 is 10.6 Å². The SMILES string of the molecule is CCC(Sc1cccc(NC(=O)c2ccc3ccccc3c2)c1)C(=O)Nc1ccc(Cl)c(Cl)c1. The summed E-state index contributed by atoms with van der Waals surface area (Å²) in [4.78, 5) is 26.5. The average Bonchev–Trinajstić information content (AvgIpc) is 2.84. The molecule has 0 radical (unpaired) electrons. The monoisotopic (exact) mass is 508 g/mol. The molecule has 34 heavy (non-hydrogen) atoms. The smallest absolute Gasteiger partial charge is 0.255 e. The third kappa shape index (κ3) is 5.92. The summed E-state index contributed by atoms with van der Waals surface area (Å²) in [5.74, 6) is -0.311. The quantitative estimate of drug-likeness (QED) is 0.249. The molecule has 4 nitrogen and oxygen atoms in total. The number of halogens is 2. The highest BCUT2D eigenvalue weighted by molar-refractivity contribution is 8.00. The van der Waals surface area contributed by atoms with Crippen molar-refractivity contribution in [2.45, 2.75) is 23.5 Å². The molecular weight excluding hydrogens is 487 g/mol. The van der Waals surface area contributed by atoms with Gasteiger partial charge in [-0.15, -0.1) is 11.8 Å². The van der Waals surface area contributed by atoms with E-state index in [2.05, 4.69) is 10.6 Å². The van der Waals surface area contributed by atoms with Crippen LogP contribution < -0.4 is 10.6 Å². The largest absolute Gasteiger partial charge is 0.325 e. The van der Waals surface area contributed by atoms with Crippen LogP contribution in [-0.4, -0.2) is 17.1 Å². The van der Waals surface area contributed by atoms with Crippen LogP contribution in [0.5, 0.6) is 0 Å². The molecule has 172 valence electrons. The normalized spacial score (nSPS) is 11.7. The molecule has 7 heteroatoms. The maximum absolute atomic E-state index is 12.8. The summed E-state index contributed by atoms with van der Waals surface area (Å²) in [5.41, 5.74) is 1.85. The highest BCUT2D eigenvalue weighted by Crippen LogP contribution is 2.30. The van der Waals surface area contributed by atoms with E-state index in [1.165, 1.54) is 11.8 Å². The summed E-state index contributed by atoms with van der Waals surface area (Å²) >= 11 is 13.4. The molecule has 4 aromatic rings. The Morgan fingerprint density at radius 2 is 1.56 bits per heavy atom. The number of carbonyl (C=O) groups excluding carboxylic acids is 2. The predicted molar refractivity (Wildman–Crippen MR) is 143 cm³/mol. The van der Waals surface area contributed by atoms with E-state index in [0.29, 0.717) is 33.4 Å². The number of fused-ring (bicyclic) bond motifs is 1. The highest BCUT2D eigenvalue weighted by Gasteiger charge is 2.19. The number of rotatable bonds is 7. The van der Waals surface area contributed by atoms with Crippen molar-refractivity contribution in [2.75, 3.05) is 10.6 Å². The molecule has 2 N–H and O–H groups in total. The second kappa shape index (κ2) is 11.0. The first-order chi connectivity index (χ1) is 16.4. The van der Waals surface area contributed by atoms with Crippen LogP contribution in [-0.2, 0) is 4.79 Å². The van der Waals surface area contributed by atoms with Gasteiger partial charge in [0.25, 0.3) is 5.91 Å². The first-order valence-electron chi connectivity index (χ1n) is 10.8. The Morgan fingerprint density at radius 3 is 2.32 bits per heavy atom. The van der Waals surface area contributed by atoms with E-state index in [1.807, 2.05) is 73.7 Å². The Labute approximate surface area is 212 Å². The number of hydrogen-bond acceptors (Lipinski definition) is 3. The Bertz CT molecular complexity index is 1360. The van der Waals surface area contributed by atoms with Gasteiger partial charge in [0, 0.05) is 21.8 Å². The predicted octanol–water partition coefficient (Wildman–Crippen LogP) is 7.91. The summed E-state index contributed by atoms with van der Waals surface area (Å²) in [5, 5.41) is 8.44. The number of anilines is 2. The number of hydrogen-bond donors (Lipinski definition) is 2. The highest BCUT2D eigenvalue weighted by atomic mass is 35.5. The fourth-order valence-corrected chi connectivity index (χ4v) is 4.78. The van der Waals surface area contributed by atoms with Crippen LogP contribution in [0.2, 0.25) is 10.0 Å². The Kier molecular flexibility index (Phi) is 7.78. The van der Waals surface area contributed by atoms with Crippen LogP contribution in [0.15, 0.2) is 89.8 Å². The van der Waals surface area contributed by atoms with Gasteiger partial charge in [0.1, 0.15) is 0 Å². The second-order valence-corrected chi connectivity index (χ2v) is 9.77. The van der Waals surface area contributed by atoms with Gasteiger partial charge in [-0.05, 0) is 65.7 Å². The van der Waals surface area contributed by atoms with Crippen LogP contribution >= 0.6 is 35.0 Å². The molecule has 0 aliphatic rings. The third-order valence-electron chi connectivity index (χ3n) is 5.23. The topological polar surface area (TPSA) is 58.2 Å². The molecule has 0 bridgehead atoms. The maximum Gasteiger partial charge on any atom is 0.255 e. The van der Waals surface area contributed by atoms with Gasteiger partial charge in [0.15, 0.2) is 0 Å². The summed E-state index contributed by atoms with van der Waals surface area (Å²) in [6.45, 7) is 1.96. The van der Waals surface area contributed by atoms with Crippen molar-refractivity contribution in [3.63, 3.8) is 0 Å². The van der Waals surface area contributed by atoms with E-state index in [1.54, 1.807) is 18.2 Å². The molecular formula is C27H22Cl2N2O2S. The van der Waals surface area contributed by atoms with Gasteiger partial charge in [-0.2, -0.15) is 0 Å². The lowest BCUT2D eigenvalue weighted by atomic mass is 10.1. The Balaban J connectivity index is 1.43. The number of benzene rings is 4. The lowest BCUT2D eigenvalue weighted by Crippen LogP contribution is -2.24. The molecule has 4 aromatic carbocycles. The van der Waals surface area contributed by atoms with E-state index < -0.39 is 0 Å². The maximum atomic E-state index is 12.8. The molecule has 0 aliphatic carbocycles. The lowest BCUT2D eigenvalue weighted by molar-refractivity contribution is -0.115. The number of amides is 2. The average molecular weight is 509 g/mol. The molecule has 0 spiro atoms. The molecule has 0 saturated carbocycles. The lowest BCUT2D eigenvalue weighted by Gasteiger charge is -2.16. The summed E-state index contributed by atoms with van der Waals surface area (Å²) in [6, 6.07) is 26.0. The molecule has 1 unspecified atom stereocenters. The number of nitrogens with one attached hydrogen (secondary N) is 2. The minimum absolute atomic E-state index is 0.128. The van der Waals surface area contributed by atoms with Gasteiger partial charge in [-0.25, -0.2) is 0 Å². The molecule has 0 aromatic heterocycles. The zero-order valence-electron chi connectivity index (χ0n) is 18.3. The van der Waals surface area contributed by atoms with Crippen LogP contribution in [0.4, 0.5) is 11.4 Å². The second-order valence-electron chi connectivity index (χ2n) is 7.68. The van der Waals surface area contributed by atoms with Crippen LogP contribution in [0.25, 0.3) is 10.8 Å². The molecule has 1 atom stereocenters. The van der Waals surface area contributed by atoms with E-state index in [-0.39, 0.29) is 17.1 Å². The molecule has 0 aliphatic heterocycles. The van der Waals surface area contributed by atoms with Gasteiger partial charge in [-0.1, -0.05) is 66.5 Å². The molecule has 0 fully saturated rings. The van der Waals surface area contributed by atoms with Crippen LogP contribution in [0.3, 0.4) is 0 Å². The van der Waals surface area contributed by atoms with Gasteiger partial charge in [-0.3, -0.25) is 9.59 Å². The number of thioether (sulfide) groups is 1. The van der Waals surface area contributed by atoms with Crippen molar-refractivity contribution >= 4 is 68.9 Å². The minimum Gasteiger partial charge on any atom is -0.325 e. The molecule has 4 rings (SSSR count). The minimum atomic E-state index is -0.319. The summed E-state index contributed by atoms with van der Waals surface area (Å²) < 4.78 is 0. The Hall–Kier alpha value is -2.99. The fraction of sp³-hybridized carbons (Fsp3) is 0.111. The van der Waals surface area contributed by atoms with Gasteiger partial charge in [0.05, 0.1) is 15.3 Å². The fourth-order valence-electron chi connectivity index (χ4n) is 3.46. The molecule has 2 amide bonds. The zero-order chi connectivity index (χ0) is 24.1. The van der Waals surface area contributed by atoms with Crippen LogP contribution in [0, 0.1) is 0 Å². The first-order valence-corrected chi connectivity index (χ1v) is 12.4. The molecule has 0 saturated heterocycles. The van der Waals surface area contributed by atoms with E-state index >= 15 is 0 Å². The Morgan fingerprint density at radius 1 is 0.794 bits per heavy atom.